The first kappa shape index (κ1) is 15.5. The van der Waals surface area contributed by atoms with Gasteiger partial charge in [0, 0.05) is 13.2 Å². The first-order valence-corrected chi connectivity index (χ1v) is 8.52. The number of thioether (sulfide) groups is 1. The molecule has 22 heavy (non-hydrogen) atoms. The normalized spacial score (nSPS) is 24.8. The van der Waals surface area contributed by atoms with Gasteiger partial charge in [0.15, 0.2) is 11.5 Å². The molecule has 2 heterocycles. The second-order valence-corrected chi connectivity index (χ2v) is 6.53. The summed E-state index contributed by atoms with van der Waals surface area (Å²) in [5, 5.41) is 0.0245. The van der Waals surface area contributed by atoms with Gasteiger partial charge in [0.2, 0.25) is 5.91 Å². The van der Waals surface area contributed by atoms with E-state index in [1.54, 1.807) is 26.0 Å². The zero-order valence-corrected chi connectivity index (χ0v) is 13.7. The highest BCUT2D eigenvalue weighted by Crippen LogP contribution is 2.41. The van der Waals surface area contributed by atoms with Crippen molar-refractivity contribution in [1.29, 1.82) is 0 Å². The maximum atomic E-state index is 12.2. The summed E-state index contributed by atoms with van der Waals surface area (Å²) in [4.78, 5) is 14.1. The Bertz CT molecular complexity index is 545. The quantitative estimate of drug-likeness (QED) is 0.833. The lowest BCUT2D eigenvalue weighted by Gasteiger charge is -2.27. The Morgan fingerprint density at radius 3 is 2.82 bits per heavy atom. The molecule has 1 amide bonds. The first-order chi connectivity index (χ1) is 10.7. The summed E-state index contributed by atoms with van der Waals surface area (Å²) in [6.07, 6.45) is 2.29. The Kier molecular flexibility index (Phi) is 4.78. The molecular weight excluding hydrogens is 302 g/mol. The molecule has 0 aliphatic carbocycles. The van der Waals surface area contributed by atoms with Crippen molar-refractivity contribution < 1.29 is 19.0 Å². The zero-order chi connectivity index (χ0) is 15.5. The van der Waals surface area contributed by atoms with Crippen molar-refractivity contribution >= 4 is 17.7 Å². The molecule has 0 aromatic heterocycles. The fraction of sp³-hybridized carbons (Fsp3) is 0.562. The van der Waals surface area contributed by atoms with E-state index in [-0.39, 0.29) is 17.4 Å². The monoisotopic (exact) mass is 323 g/mol. The minimum atomic E-state index is 0.0245. The van der Waals surface area contributed by atoms with Crippen molar-refractivity contribution in [2.75, 3.05) is 33.1 Å². The molecule has 2 fully saturated rings. The molecule has 1 aromatic rings. The van der Waals surface area contributed by atoms with Gasteiger partial charge in [0.05, 0.1) is 26.1 Å². The minimum Gasteiger partial charge on any atom is -0.493 e. The van der Waals surface area contributed by atoms with Gasteiger partial charge in [0.25, 0.3) is 0 Å². The lowest BCUT2D eigenvalue weighted by Crippen LogP contribution is -2.35. The SMILES string of the molecule is COc1ccc([C@@H]2SCC(=O)N2C[C@H]2CCCO2)cc1OC. The van der Waals surface area contributed by atoms with E-state index >= 15 is 0 Å². The molecule has 5 nitrogen and oxygen atoms in total. The Morgan fingerprint density at radius 1 is 1.32 bits per heavy atom. The minimum absolute atomic E-state index is 0.0245. The molecule has 0 saturated carbocycles. The average Bonchev–Trinajstić information content (AvgIpc) is 3.18. The van der Waals surface area contributed by atoms with Crippen LogP contribution in [0.5, 0.6) is 11.5 Å². The highest BCUT2D eigenvalue weighted by atomic mass is 32.2. The van der Waals surface area contributed by atoms with E-state index in [0.717, 1.165) is 25.0 Å². The third-order valence-electron chi connectivity index (χ3n) is 4.09. The second-order valence-electron chi connectivity index (χ2n) is 5.46. The van der Waals surface area contributed by atoms with Crippen LogP contribution in [0.15, 0.2) is 18.2 Å². The van der Waals surface area contributed by atoms with Crippen LogP contribution < -0.4 is 9.47 Å². The molecule has 6 heteroatoms. The van der Waals surface area contributed by atoms with Gasteiger partial charge in [-0.2, -0.15) is 0 Å². The van der Waals surface area contributed by atoms with Crippen LogP contribution in [0.4, 0.5) is 0 Å². The molecule has 0 unspecified atom stereocenters. The zero-order valence-electron chi connectivity index (χ0n) is 12.9. The van der Waals surface area contributed by atoms with Gasteiger partial charge >= 0.3 is 0 Å². The molecular formula is C16H21NO4S. The molecule has 0 bridgehead atoms. The lowest BCUT2D eigenvalue weighted by molar-refractivity contribution is -0.129. The molecule has 2 aliphatic heterocycles. The van der Waals surface area contributed by atoms with Crippen molar-refractivity contribution in [2.24, 2.45) is 0 Å². The van der Waals surface area contributed by atoms with Crippen molar-refractivity contribution in [2.45, 2.75) is 24.3 Å². The van der Waals surface area contributed by atoms with Crippen LogP contribution in [0, 0.1) is 0 Å². The van der Waals surface area contributed by atoms with E-state index in [1.165, 1.54) is 0 Å². The van der Waals surface area contributed by atoms with Crippen LogP contribution in [-0.4, -0.2) is 50.0 Å². The summed E-state index contributed by atoms with van der Waals surface area (Å²) < 4.78 is 16.3. The van der Waals surface area contributed by atoms with Crippen molar-refractivity contribution in [3.8, 4) is 11.5 Å². The summed E-state index contributed by atoms with van der Waals surface area (Å²) >= 11 is 1.65. The number of amides is 1. The number of hydrogen-bond donors (Lipinski definition) is 0. The van der Waals surface area contributed by atoms with Crippen molar-refractivity contribution in [1.82, 2.24) is 4.90 Å². The Labute approximate surface area is 134 Å². The van der Waals surface area contributed by atoms with Gasteiger partial charge in [-0.05, 0) is 30.5 Å². The van der Waals surface area contributed by atoms with Crippen LogP contribution >= 0.6 is 11.8 Å². The summed E-state index contributed by atoms with van der Waals surface area (Å²) in [7, 11) is 3.24. The molecule has 2 atom stereocenters. The van der Waals surface area contributed by atoms with Crippen LogP contribution in [0.2, 0.25) is 0 Å². The van der Waals surface area contributed by atoms with Gasteiger partial charge in [-0.1, -0.05) is 6.07 Å². The number of rotatable bonds is 5. The highest BCUT2D eigenvalue weighted by Gasteiger charge is 2.35. The smallest absolute Gasteiger partial charge is 0.233 e. The molecule has 0 spiro atoms. The molecule has 1 aromatic carbocycles. The molecule has 0 N–H and O–H groups in total. The van der Waals surface area contributed by atoms with Crippen LogP contribution in [0.25, 0.3) is 0 Å². The Hall–Kier alpha value is -1.40. The lowest BCUT2D eigenvalue weighted by atomic mass is 10.1. The van der Waals surface area contributed by atoms with E-state index in [1.807, 2.05) is 23.1 Å². The Morgan fingerprint density at radius 2 is 2.14 bits per heavy atom. The first-order valence-electron chi connectivity index (χ1n) is 7.47. The largest absolute Gasteiger partial charge is 0.493 e. The van der Waals surface area contributed by atoms with E-state index in [4.69, 9.17) is 14.2 Å². The molecule has 0 radical (unpaired) electrons. The van der Waals surface area contributed by atoms with Crippen molar-refractivity contribution in [3.63, 3.8) is 0 Å². The third kappa shape index (κ3) is 3.03. The van der Waals surface area contributed by atoms with E-state index < -0.39 is 0 Å². The maximum absolute atomic E-state index is 12.2. The topological polar surface area (TPSA) is 48.0 Å². The number of ether oxygens (including phenoxy) is 3. The van der Waals surface area contributed by atoms with Gasteiger partial charge in [-0.3, -0.25) is 4.79 Å². The molecule has 2 aliphatic rings. The van der Waals surface area contributed by atoms with Crippen molar-refractivity contribution in [3.05, 3.63) is 23.8 Å². The van der Waals surface area contributed by atoms with Crippen LogP contribution in [-0.2, 0) is 9.53 Å². The molecule has 120 valence electrons. The second kappa shape index (κ2) is 6.79. The number of carbonyl (C=O) groups excluding carboxylic acids is 1. The van der Waals surface area contributed by atoms with Crippen LogP contribution in [0.3, 0.4) is 0 Å². The van der Waals surface area contributed by atoms with Gasteiger partial charge < -0.3 is 19.1 Å². The summed E-state index contributed by atoms with van der Waals surface area (Å²) in [6, 6.07) is 5.85. The van der Waals surface area contributed by atoms with Gasteiger partial charge in [-0.25, -0.2) is 0 Å². The van der Waals surface area contributed by atoms with E-state index in [2.05, 4.69) is 0 Å². The standard InChI is InChI=1S/C16H21NO4S/c1-19-13-6-5-11(8-14(13)20-2)16-17(15(18)10-22-16)9-12-4-3-7-21-12/h5-6,8,12,16H,3-4,7,9-10H2,1-2H3/t12-,16+/m1/s1. The maximum Gasteiger partial charge on any atom is 0.233 e. The molecule has 2 saturated heterocycles. The predicted molar refractivity (Wildman–Crippen MR) is 85.4 cm³/mol. The Balaban J connectivity index is 1.80. The third-order valence-corrected chi connectivity index (χ3v) is 5.34. The number of hydrogen-bond acceptors (Lipinski definition) is 5. The number of carbonyl (C=O) groups is 1. The number of benzene rings is 1. The predicted octanol–water partition coefficient (Wildman–Crippen LogP) is 2.46. The van der Waals surface area contributed by atoms with E-state index in [9.17, 15) is 4.79 Å². The fourth-order valence-corrected chi connectivity index (χ4v) is 4.13. The number of nitrogens with zero attached hydrogens (tertiary/aromatic N) is 1. The van der Waals surface area contributed by atoms with Crippen LogP contribution in [0.1, 0.15) is 23.8 Å². The summed E-state index contributed by atoms with van der Waals surface area (Å²) in [5.74, 6) is 2.09. The number of methoxy groups -OCH3 is 2. The molecule has 3 rings (SSSR count). The fourth-order valence-electron chi connectivity index (χ4n) is 2.94. The summed E-state index contributed by atoms with van der Waals surface area (Å²) in [6.45, 7) is 1.48. The van der Waals surface area contributed by atoms with Gasteiger partial charge in [-0.15, -0.1) is 11.8 Å². The van der Waals surface area contributed by atoms with Gasteiger partial charge in [0.1, 0.15) is 5.37 Å². The van der Waals surface area contributed by atoms with E-state index in [0.29, 0.717) is 23.8 Å². The average molecular weight is 323 g/mol. The summed E-state index contributed by atoms with van der Waals surface area (Å²) in [5.41, 5.74) is 1.06. The highest BCUT2D eigenvalue weighted by molar-refractivity contribution is 8.00.